The fraction of sp³-hybridized carbons (Fsp3) is 0.350. The van der Waals surface area contributed by atoms with Gasteiger partial charge in [-0.3, -0.25) is 0 Å². The van der Waals surface area contributed by atoms with Crippen LogP contribution in [-0.2, 0) is 4.74 Å². The average molecular weight is 342 g/mol. The Bertz CT molecular complexity index is 661. The lowest BCUT2D eigenvalue weighted by molar-refractivity contribution is 0.102. The standard InChI is InChI=1S/C20H26N2O3/c1-16-9-7-8-12-18(16)25-14-13-22(2)20(23)21-15-19(24-3)17-10-5-4-6-11-17/h4-12,19H,13-15H2,1-3H3,(H,21,23). The van der Waals surface area contributed by atoms with Crippen molar-refractivity contribution in [3.05, 3.63) is 65.7 Å². The molecular formula is C20H26N2O3. The summed E-state index contributed by atoms with van der Waals surface area (Å²) in [5.74, 6) is 0.847. The number of rotatable bonds is 8. The van der Waals surface area contributed by atoms with E-state index in [2.05, 4.69) is 5.32 Å². The number of nitrogens with one attached hydrogen (secondary N) is 1. The zero-order valence-corrected chi connectivity index (χ0v) is 15.1. The van der Waals surface area contributed by atoms with E-state index in [1.54, 1.807) is 19.1 Å². The molecule has 25 heavy (non-hydrogen) atoms. The molecule has 5 nitrogen and oxygen atoms in total. The Hall–Kier alpha value is -2.53. The second-order valence-electron chi connectivity index (χ2n) is 5.86. The predicted molar refractivity (Wildman–Crippen MR) is 98.9 cm³/mol. The van der Waals surface area contributed by atoms with Crippen LogP contribution in [0.15, 0.2) is 54.6 Å². The number of amides is 2. The number of aryl methyl sites for hydroxylation is 1. The van der Waals surface area contributed by atoms with Crippen LogP contribution in [-0.4, -0.2) is 44.8 Å². The summed E-state index contributed by atoms with van der Waals surface area (Å²) in [6.07, 6.45) is -0.165. The molecule has 0 aliphatic heterocycles. The maximum Gasteiger partial charge on any atom is 0.317 e. The Morgan fingerprint density at radius 1 is 1.12 bits per heavy atom. The second kappa shape index (κ2) is 9.69. The molecule has 134 valence electrons. The molecule has 0 spiro atoms. The van der Waals surface area contributed by atoms with Gasteiger partial charge in [0.25, 0.3) is 0 Å². The fourth-order valence-electron chi connectivity index (χ4n) is 2.43. The molecule has 0 bridgehead atoms. The van der Waals surface area contributed by atoms with E-state index in [1.165, 1.54) is 0 Å². The lowest BCUT2D eigenvalue weighted by atomic mass is 10.1. The Kier molecular flexibility index (Phi) is 7.29. The van der Waals surface area contributed by atoms with Gasteiger partial charge < -0.3 is 19.7 Å². The van der Waals surface area contributed by atoms with Crippen LogP contribution in [0.1, 0.15) is 17.2 Å². The highest BCUT2D eigenvalue weighted by Gasteiger charge is 2.14. The van der Waals surface area contributed by atoms with Crippen molar-refractivity contribution in [2.75, 3.05) is 33.9 Å². The summed E-state index contributed by atoms with van der Waals surface area (Å²) in [5.41, 5.74) is 2.12. The van der Waals surface area contributed by atoms with Gasteiger partial charge in [0.2, 0.25) is 0 Å². The van der Waals surface area contributed by atoms with Gasteiger partial charge >= 0.3 is 6.03 Å². The fourth-order valence-corrected chi connectivity index (χ4v) is 2.43. The first kappa shape index (κ1) is 18.8. The molecule has 0 saturated carbocycles. The Balaban J connectivity index is 1.75. The van der Waals surface area contributed by atoms with Crippen molar-refractivity contribution in [3.63, 3.8) is 0 Å². The number of ether oxygens (including phenoxy) is 2. The van der Waals surface area contributed by atoms with Gasteiger partial charge in [-0.05, 0) is 24.1 Å². The minimum Gasteiger partial charge on any atom is -0.491 e. The number of urea groups is 1. The van der Waals surface area contributed by atoms with E-state index >= 15 is 0 Å². The van der Waals surface area contributed by atoms with Gasteiger partial charge in [0.15, 0.2) is 0 Å². The van der Waals surface area contributed by atoms with Crippen molar-refractivity contribution < 1.29 is 14.3 Å². The summed E-state index contributed by atoms with van der Waals surface area (Å²) in [4.78, 5) is 13.8. The molecule has 2 amide bonds. The molecular weight excluding hydrogens is 316 g/mol. The van der Waals surface area contributed by atoms with E-state index in [1.807, 2.05) is 61.5 Å². The molecule has 1 atom stereocenters. The number of para-hydroxylation sites is 1. The minimum atomic E-state index is -0.165. The Morgan fingerprint density at radius 3 is 2.48 bits per heavy atom. The number of hydrogen-bond donors (Lipinski definition) is 1. The largest absolute Gasteiger partial charge is 0.491 e. The van der Waals surface area contributed by atoms with Gasteiger partial charge in [-0.15, -0.1) is 0 Å². The predicted octanol–water partition coefficient (Wildman–Crippen LogP) is 3.40. The molecule has 0 radical (unpaired) electrons. The molecule has 0 aromatic heterocycles. The highest BCUT2D eigenvalue weighted by Crippen LogP contribution is 2.16. The first-order chi connectivity index (χ1) is 12.1. The summed E-state index contributed by atoms with van der Waals surface area (Å²) in [6.45, 7) is 3.37. The highest BCUT2D eigenvalue weighted by molar-refractivity contribution is 5.73. The van der Waals surface area contributed by atoms with Gasteiger partial charge in [-0.25, -0.2) is 4.79 Å². The van der Waals surface area contributed by atoms with Crippen LogP contribution < -0.4 is 10.1 Å². The average Bonchev–Trinajstić information content (AvgIpc) is 2.64. The van der Waals surface area contributed by atoms with Crippen LogP contribution in [0.25, 0.3) is 0 Å². The normalized spacial score (nSPS) is 11.6. The number of methoxy groups -OCH3 is 1. The molecule has 2 aromatic carbocycles. The molecule has 2 rings (SSSR count). The first-order valence-corrected chi connectivity index (χ1v) is 8.37. The van der Waals surface area contributed by atoms with Gasteiger partial charge in [-0.2, -0.15) is 0 Å². The molecule has 0 fully saturated rings. The Morgan fingerprint density at radius 2 is 1.80 bits per heavy atom. The molecule has 0 aliphatic rings. The number of carbonyl (C=O) groups excluding carboxylic acids is 1. The van der Waals surface area contributed by atoms with Crippen LogP contribution in [0.3, 0.4) is 0 Å². The van der Waals surface area contributed by atoms with E-state index < -0.39 is 0 Å². The van der Waals surface area contributed by atoms with Crippen molar-refractivity contribution in [2.45, 2.75) is 13.0 Å². The second-order valence-corrected chi connectivity index (χ2v) is 5.86. The van der Waals surface area contributed by atoms with Crippen molar-refractivity contribution in [2.24, 2.45) is 0 Å². The van der Waals surface area contributed by atoms with Gasteiger partial charge in [0.1, 0.15) is 12.4 Å². The Labute approximate surface area is 149 Å². The molecule has 0 heterocycles. The number of likely N-dealkylation sites (N-methyl/N-ethyl adjacent to an activating group) is 1. The topological polar surface area (TPSA) is 50.8 Å². The van der Waals surface area contributed by atoms with E-state index in [4.69, 9.17) is 9.47 Å². The third-order valence-electron chi connectivity index (χ3n) is 4.02. The molecule has 0 aliphatic carbocycles. The number of carbonyl (C=O) groups is 1. The summed E-state index contributed by atoms with van der Waals surface area (Å²) in [5, 5.41) is 2.90. The van der Waals surface area contributed by atoms with Crippen molar-refractivity contribution >= 4 is 6.03 Å². The van der Waals surface area contributed by atoms with Crippen molar-refractivity contribution in [1.29, 1.82) is 0 Å². The van der Waals surface area contributed by atoms with Crippen LogP contribution in [0.2, 0.25) is 0 Å². The van der Waals surface area contributed by atoms with E-state index in [-0.39, 0.29) is 12.1 Å². The lowest BCUT2D eigenvalue weighted by Gasteiger charge is -2.21. The van der Waals surface area contributed by atoms with Crippen molar-refractivity contribution in [1.82, 2.24) is 10.2 Å². The zero-order valence-electron chi connectivity index (χ0n) is 15.1. The monoisotopic (exact) mass is 342 g/mol. The quantitative estimate of drug-likeness (QED) is 0.800. The van der Waals surface area contributed by atoms with Gasteiger partial charge in [0.05, 0.1) is 12.6 Å². The summed E-state index contributed by atoms with van der Waals surface area (Å²) >= 11 is 0. The van der Waals surface area contributed by atoms with Crippen LogP contribution >= 0.6 is 0 Å². The number of nitrogens with zero attached hydrogens (tertiary/aromatic N) is 1. The maximum absolute atomic E-state index is 12.2. The molecule has 1 unspecified atom stereocenters. The van der Waals surface area contributed by atoms with Gasteiger partial charge in [-0.1, -0.05) is 48.5 Å². The van der Waals surface area contributed by atoms with Crippen LogP contribution in [0.5, 0.6) is 5.75 Å². The molecule has 1 N–H and O–H groups in total. The van der Waals surface area contributed by atoms with E-state index in [0.717, 1.165) is 16.9 Å². The smallest absolute Gasteiger partial charge is 0.317 e. The lowest BCUT2D eigenvalue weighted by Crippen LogP contribution is -2.41. The first-order valence-electron chi connectivity index (χ1n) is 8.37. The highest BCUT2D eigenvalue weighted by atomic mass is 16.5. The zero-order chi connectivity index (χ0) is 18.1. The number of benzene rings is 2. The van der Waals surface area contributed by atoms with Crippen molar-refractivity contribution in [3.8, 4) is 5.75 Å². The molecule has 5 heteroatoms. The summed E-state index contributed by atoms with van der Waals surface area (Å²) in [6, 6.07) is 17.5. The third-order valence-corrected chi connectivity index (χ3v) is 4.02. The SMILES string of the molecule is COC(CNC(=O)N(C)CCOc1ccccc1C)c1ccccc1. The minimum absolute atomic E-state index is 0.147. The third kappa shape index (κ3) is 5.80. The van der Waals surface area contributed by atoms with E-state index in [0.29, 0.717) is 19.7 Å². The van der Waals surface area contributed by atoms with E-state index in [9.17, 15) is 4.79 Å². The maximum atomic E-state index is 12.2. The van der Waals surface area contributed by atoms with Gasteiger partial charge in [0, 0.05) is 20.7 Å². The van der Waals surface area contributed by atoms with Crippen LogP contribution in [0, 0.1) is 6.92 Å². The summed E-state index contributed by atoms with van der Waals surface area (Å²) < 4.78 is 11.2. The molecule has 0 saturated heterocycles. The summed E-state index contributed by atoms with van der Waals surface area (Å²) in [7, 11) is 3.39. The van der Waals surface area contributed by atoms with Crippen LogP contribution in [0.4, 0.5) is 4.79 Å². The molecule has 2 aromatic rings. The number of hydrogen-bond acceptors (Lipinski definition) is 3.